The second-order valence-electron chi connectivity index (χ2n) is 4.59. The van der Waals surface area contributed by atoms with Crippen LogP contribution in [0, 0.1) is 0 Å². The van der Waals surface area contributed by atoms with Crippen molar-refractivity contribution in [2.24, 2.45) is 5.73 Å². The first-order valence-corrected chi connectivity index (χ1v) is 6.35. The summed E-state index contributed by atoms with van der Waals surface area (Å²) in [5.41, 5.74) is 8.86. The Balaban J connectivity index is 1.99. The van der Waals surface area contributed by atoms with E-state index < -0.39 is 0 Å². The number of hydrogen-bond donors (Lipinski definition) is 1. The summed E-state index contributed by atoms with van der Waals surface area (Å²) < 4.78 is 5.04. The number of rotatable bonds is 2. The number of halogens is 1. The van der Waals surface area contributed by atoms with Gasteiger partial charge in [-0.2, -0.15) is 0 Å². The maximum Gasteiger partial charge on any atom is 0.173 e. The lowest BCUT2D eigenvalue weighted by Crippen LogP contribution is -2.07. The Hall–Kier alpha value is -2.00. The van der Waals surface area contributed by atoms with E-state index >= 15 is 0 Å². The van der Waals surface area contributed by atoms with Gasteiger partial charge < -0.3 is 10.2 Å². The third-order valence-electron chi connectivity index (χ3n) is 3.37. The van der Waals surface area contributed by atoms with E-state index in [9.17, 15) is 4.79 Å². The van der Waals surface area contributed by atoms with Gasteiger partial charge in [0.1, 0.15) is 0 Å². The Labute approximate surface area is 115 Å². The number of furan rings is 1. The van der Waals surface area contributed by atoms with Gasteiger partial charge in [-0.25, -0.2) is 0 Å². The van der Waals surface area contributed by atoms with Gasteiger partial charge in [-0.15, -0.1) is 0 Å². The van der Waals surface area contributed by atoms with Crippen molar-refractivity contribution in [1.29, 1.82) is 0 Å². The van der Waals surface area contributed by atoms with Crippen LogP contribution in [0.25, 0.3) is 5.57 Å². The van der Waals surface area contributed by atoms with Gasteiger partial charge in [0.25, 0.3) is 0 Å². The van der Waals surface area contributed by atoms with Gasteiger partial charge in [0.15, 0.2) is 5.78 Å². The molecule has 1 aromatic carbocycles. The molecule has 0 spiro atoms. The molecule has 0 saturated carbocycles. The molecule has 3 rings (SSSR count). The minimum Gasteiger partial charge on any atom is -0.472 e. The first-order valence-electron chi connectivity index (χ1n) is 5.97. The van der Waals surface area contributed by atoms with Crippen LogP contribution in [0.5, 0.6) is 0 Å². The lowest BCUT2D eigenvalue weighted by molar-refractivity contribution is -0.114. The molecule has 19 heavy (non-hydrogen) atoms. The highest BCUT2D eigenvalue weighted by Crippen LogP contribution is 2.38. The van der Waals surface area contributed by atoms with Crippen molar-refractivity contribution in [3.63, 3.8) is 0 Å². The molecule has 96 valence electrons. The van der Waals surface area contributed by atoms with Crippen molar-refractivity contribution >= 4 is 23.0 Å². The molecule has 1 aromatic heterocycles. The summed E-state index contributed by atoms with van der Waals surface area (Å²) in [7, 11) is 0. The number of Topliss-reactive ketones (excluding diaryl/α,β-unsaturated/α-hetero) is 1. The Morgan fingerprint density at radius 1 is 1.32 bits per heavy atom. The lowest BCUT2D eigenvalue weighted by atomic mass is 9.95. The molecule has 0 saturated heterocycles. The number of allylic oxidation sites excluding steroid dienone is 2. The van der Waals surface area contributed by atoms with Crippen LogP contribution in [0.3, 0.4) is 0 Å². The van der Waals surface area contributed by atoms with Gasteiger partial charge in [0.2, 0.25) is 0 Å². The highest BCUT2D eigenvalue weighted by atomic mass is 35.5. The van der Waals surface area contributed by atoms with Crippen LogP contribution in [-0.4, -0.2) is 5.78 Å². The van der Waals surface area contributed by atoms with Gasteiger partial charge >= 0.3 is 0 Å². The zero-order valence-corrected chi connectivity index (χ0v) is 10.9. The molecule has 1 aliphatic carbocycles. The minimum absolute atomic E-state index is 0.0289. The highest BCUT2D eigenvalue weighted by molar-refractivity contribution is 6.31. The van der Waals surface area contributed by atoms with E-state index in [0.29, 0.717) is 22.7 Å². The van der Waals surface area contributed by atoms with Crippen LogP contribution in [0.15, 0.2) is 53.0 Å². The fraction of sp³-hybridized carbons (Fsp3) is 0.133. The summed E-state index contributed by atoms with van der Waals surface area (Å²) in [5.74, 6) is -0.214. The summed E-state index contributed by atoms with van der Waals surface area (Å²) in [6, 6.07) is 9.01. The van der Waals surface area contributed by atoms with Crippen molar-refractivity contribution in [2.45, 2.75) is 12.3 Å². The number of hydrogen-bond acceptors (Lipinski definition) is 3. The van der Waals surface area contributed by atoms with E-state index in [-0.39, 0.29) is 11.7 Å². The maximum atomic E-state index is 12.5. The van der Waals surface area contributed by atoms with Gasteiger partial charge in [0.05, 0.1) is 18.4 Å². The monoisotopic (exact) mass is 273 g/mol. The molecule has 2 N–H and O–H groups in total. The van der Waals surface area contributed by atoms with Crippen LogP contribution in [0.1, 0.15) is 23.5 Å². The van der Waals surface area contributed by atoms with E-state index in [2.05, 4.69) is 0 Å². The van der Waals surface area contributed by atoms with E-state index in [4.69, 9.17) is 21.8 Å². The standard InChI is InChI=1S/C15H12ClNO2/c16-11-3-1-2-9(6-11)14-13(17)7-12(15(14)18)10-4-5-19-8-10/h1-6,8,12H,7,17H2. The normalized spacial score (nSPS) is 19.2. The number of benzene rings is 1. The van der Waals surface area contributed by atoms with Crippen LogP contribution < -0.4 is 5.73 Å². The third-order valence-corrected chi connectivity index (χ3v) is 3.60. The molecular weight excluding hydrogens is 262 g/mol. The van der Waals surface area contributed by atoms with Gasteiger partial charge in [-0.05, 0) is 23.8 Å². The summed E-state index contributed by atoms with van der Waals surface area (Å²) in [6.07, 6.45) is 3.69. The second kappa shape index (κ2) is 4.59. The number of nitrogens with two attached hydrogens (primary N) is 1. The predicted molar refractivity (Wildman–Crippen MR) is 73.6 cm³/mol. The van der Waals surface area contributed by atoms with E-state index in [0.717, 1.165) is 11.1 Å². The van der Waals surface area contributed by atoms with Crippen LogP contribution in [0.2, 0.25) is 5.02 Å². The SMILES string of the molecule is NC1=C(c2cccc(Cl)c2)C(=O)C(c2ccoc2)C1. The van der Waals surface area contributed by atoms with Crippen molar-refractivity contribution in [3.05, 3.63) is 64.7 Å². The van der Waals surface area contributed by atoms with Crippen LogP contribution in [0.4, 0.5) is 0 Å². The Morgan fingerprint density at radius 3 is 2.84 bits per heavy atom. The molecular formula is C15H12ClNO2. The van der Waals surface area contributed by atoms with Crippen LogP contribution >= 0.6 is 11.6 Å². The summed E-state index contributed by atoms with van der Waals surface area (Å²) in [5, 5.41) is 0.595. The van der Waals surface area contributed by atoms with Crippen molar-refractivity contribution in [3.8, 4) is 0 Å². The Kier molecular flexibility index (Phi) is 2.91. The van der Waals surface area contributed by atoms with Crippen molar-refractivity contribution in [1.82, 2.24) is 0 Å². The molecule has 0 radical (unpaired) electrons. The fourth-order valence-electron chi connectivity index (χ4n) is 2.46. The number of carbonyl (C=O) groups is 1. The van der Waals surface area contributed by atoms with E-state index in [1.165, 1.54) is 0 Å². The number of ketones is 1. The molecule has 0 aliphatic heterocycles. The third kappa shape index (κ3) is 2.06. The lowest BCUT2D eigenvalue weighted by Gasteiger charge is -2.06. The van der Waals surface area contributed by atoms with Gasteiger partial charge in [-0.3, -0.25) is 4.79 Å². The molecule has 1 unspecified atom stereocenters. The average Bonchev–Trinajstić information content (AvgIpc) is 2.97. The highest BCUT2D eigenvalue weighted by Gasteiger charge is 2.34. The average molecular weight is 274 g/mol. The molecule has 3 nitrogen and oxygen atoms in total. The molecule has 2 aromatic rings. The van der Waals surface area contributed by atoms with Gasteiger partial charge in [0, 0.05) is 28.3 Å². The van der Waals surface area contributed by atoms with Crippen LogP contribution in [-0.2, 0) is 4.79 Å². The number of carbonyl (C=O) groups excluding carboxylic acids is 1. The van der Waals surface area contributed by atoms with E-state index in [1.807, 2.05) is 12.1 Å². The Morgan fingerprint density at radius 2 is 2.16 bits per heavy atom. The maximum absolute atomic E-state index is 12.5. The largest absolute Gasteiger partial charge is 0.472 e. The molecule has 0 fully saturated rings. The molecule has 1 aliphatic rings. The molecule has 1 heterocycles. The van der Waals surface area contributed by atoms with Crippen molar-refractivity contribution < 1.29 is 9.21 Å². The summed E-state index contributed by atoms with van der Waals surface area (Å²) in [6.45, 7) is 0. The molecule has 1 atom stereocenters. The molecule has 0 bridgehead atoms. The summed E-state index contributed by atoms with van der Waals surface area (Å²) in [4.78, 5) is 12.5. The predicted octanol–water partition coefficient (Wildman–Crippen LogP) is 3.36. The van der Waals surface area contributed by atoms with Gasteiger partial charge in [-0.1, -0.05) is 23.7 Å². The fourth-order valence-corrected chi connectivity index (χ4v) is 2.65. The first-order chi connectivity index (χ1) is 9.16. The smallest absolute Gasteiger partial charge is 0.173 e. The second-order valence-corrected chi connectivity index (χ2v) is 5.02. The Bertz CT molecular complexity index is 659. The first kappa shape index (κ1) is 12.1. The summed E-state index contributed by atoms with van der Waals surface area (Å²) >= 11 is 5.96. The quantitative estimate of drug-likeness (QED) is 0.913. The van der Waals surface area contributed by atoms with E-state index in [1.54, 1.807) is 30.7 Å². The van der Waals surface area contributed by atoms with Crippen molar-refractivity contribution in [2.75, 3.05) is 0 Å². The zero-order chi connectivity index (χ0) is 13.4. The topological polar surface area (TPSA) is 56.2 Å². The molecule has 4 heteroatoms. The zero-order valence-electron chi connectivity index (χ0n) is 10.1. The minimum atomic E-state index is -0.243. The molecule has 0 amide bonds.